The van der Waals surface area contributed by atoms with Crippen molar-refractivity contribution in [2.24, 2.45) is 17.8 Å². The van der Waals surface area contributed by atoms with Gasteiger partial charge in [0.2, 0.25) is 11.2 Å². The van der Waals surface area contributed by atoms with Crippen molar-refractivity contribution < 1.29 is 14.3 Å². The van der Waals surface area contributed by atoms with Crippen molar-refractivity contribution in [1.82, 2.24) is 24.9 Å². The lowest BCUT2D eigenvalue weighted by Crippen LogP contribution is -2.51. The minimum atomic E-state index is -0.796. The van der Waals surface area contributed by atoms with Gasteiger partial charge in [-0.2, -0.15) is 15.0 Å². The van der Waals surface area contributed by atoms with Gasteiger partial charge in [0.05, 0.1) is 12.1 Å². The van der Waals surface area contributed by atoms with Gasteiger partial charge < -0.3 is 15.4 Å². The molecule has 3 saturated carbocycles. The largest absolute Gasteiger partial charge is 0.481 e. The quantitative estimate of drug-likeness (QED) is 0.595. The zero-order chi connectivity index (χ0) is 20.1. The van der Waals surface area contributed by atoms with Crippen LogP contribution in [-0.4, -0.2) is 42.0 Å². The Bertz CT molecular complexity index is 1100. The van der Waals surface area contributed by atoms with E-state index in [1.807, 2.05) is 0 Å². The van der Waals surface area contributed by atoms with E-state index in [-0.39, 0.29) is 34.9 Å². The molecule has 0 aliphatic heterocycles. The minimum absolute atomic E-state index is 0.0240. The van der Waals surface area contributed by atoms with Gasteiger partial charge >= 0.3 is 5.97 Å². The van der Waals surface area contributed by atoms with E-state index in [4.69, 9.17) is 11.6 Å². The molecule has 3 N–H and O–H groups in total. The minimum Gasteiger partial charge on any atom is -0.481 e. The lowest BCUT2D eigenvalue weighted by Gasteiger charge is -2.46. The molecule has 2 atom stereocenters. The molecule has 10 heteroatoms. The summed E-state index contributed by atoms with van der Waals surface area (Å²) in [6.07, 6.45) is 6.62. The average molecular weight is 417 g/mol. The number of hydrogen-bond donors (Lipinski definition) is 3. The standard InChI is InChI=1S/C19H18ClFN6O2/c20-18-25-16(12-7-23-15-11(12)5-10(21)6-22-15)26-19(27-18)24-14-9-3-1-8(2-4-9)13(14)17(28)29/h5-9,13-14H,1-4H2,(H,22,23)(H,28,29)(H,24,25,26,27)/t8?,9?,13-,14-/m1/s1. The van der Waals surface area contributed by atoms with Gasteiger partial charge in [-0.3, -0.25) is 4.79 Å². The van der Waals surface area contributed by atoms with Gasteiger partial charge in [-0.25, -0.2) is 9.37 Å². The highest BCUT2D eigenvalue weighted by Gasteiger charge is 2.47. The van der Waals surface area contributed by atoms with Crippen LogP contribution in [0, 0.1) is 23.6 Å². The number of hydrogen-bond acceptors (Lipinski definition) is 6. The summed E-state index contributed by atoms with van der Waals surface area (Å²) >= 11 is 6.13. The van der Waals surface area contributed by atoms with E-state index in [2.05, 4.69) is 30.2 Å². The molecule has 0 amide bonds. The summed E-state index contributed by atoms with van der Waals surface area (Å²) in [5, 5.41) is 13.5. The molecule has 3 aromatic heterocycles. The first-order valence-corrected chi connectivity index (χ1v) is 9.91. The summed E-state index contributed by atoms with van der Waals surface area (Å²) in [6.45, 7) is 0. The molecule has 0 aromatic carbocycles. The molecule has 3 fully saturated rings. The van der Waals surface area contributed by atoms with Crippen LogP contribution in [0.25, 0.3) is 22.4 Å². The summed E-state index contributed by atoms with van der Waals surface area (Å²) in [6, 6.07) is 1.09. The second-order valence-electron chi connectivity index (χ2n) is 7.71. The van der Waals surface area contributed by atoms with Crippen LogP contribution in [0.15, 0.2) is 18.5 Å². The summed E-state index contributed by atoms with van der Waals surface area (Å²) < 4.78 is 13.7. The predicted octanol–water partition coefficient (Wildman–Crippen LogP) is 3.51. The molecule has 0 radical (unpaired) electrons. The first-order valence-electron chi connectivity index (χ1n) is 9.53. The van der Waals surface area contributed by atoms with Crippen LogP contribution in [0.5, 0.6) is 0 Å². The summed E-state index contributed by atoms with van der Waals surface area (Å²) in [4.78, 5) is 31.6. The Morgan fingerprint density at radius 2 is 1.97 bits per heavy atom. The number of fused-ring (bicyclic) bond motifs is 4. The molecule has 2 bridgehead atoms. The number of anilines is 1. The number of carboxylic acid groups (broad SMARTS) is 1. The smallest absolute Gasteiger partial charge is 0.308 e. The number of aromatic amines is 1. The van der Waals surface area contributed by atoms with Gasteiger partial charge in [-0.15, -0.1) is 0 Å². The van der Waals surface area contributed by atoms with Crippen LogP contribution in [0.1, 0.15) is 25.7 Å². The van der Waals surface area contributed by atoms with E-state index in [0.29, 0.717) is 16.6 Å². The van der Waals surface area contributed by atoms with Crippen LogP contribution in [0.4, 0.5) is 10.3 Å². The Balaban J connectivity index is 1.51. The third kappa shape index (κ3) is 3.19. The van der Waals surface area contributed by atoms with E-state index >= 15 is 0 Å². The van der Waals surface area contributed by atoms with Crippen molar-refractivity contribution in [1.29, 1.82) is 0 Å². The number of rotatable bonds is 4. The van der Waals surface area contributed by atoms with Crippen LogP contribution in [0.3, 0.4) is 0 Å². The lowest BCUT2D eigenvalue weighted by atomic mass is 9.61. The van der Waals surface area contributed by atoms with Crippen molar-refractivity contribution in [3.63, 3.8) is 0 Å². The van der Waals surface area contributed by atoms with E-state index in [1.165, 1.54) is 6.07 Å². The predicted molar refractivity (Wildman–Crippen MR) is 104 cm³/mol. The van der Waals surface area contributed by atoms with Gasteiger partial charge in [0.1, 0.15) is 11.5 Å². The highest BCUT2D eigenvalue weighted by molar-refractivity contribution is 6.28. The molecule has 3 aliphatic rings. The number of halogens is 2. The number of nitrogens with zero attached hydrogens (tertiary/aromatic N) is 4. The highest BCUT2D eigenvalue weighted by Crippen LogP contribution is 2.46. The van der Waals surface area contributed by atoms with Crippen LogP contribution >= 0.6 is 11.6 Å². The number of aromatic nitrogens is 5. The first kappa shape index (κ1) is 18.2. The molecule has 0 unspecified atom stereocenters. The maximum Gasteiger partial charge on any atom is 0.308 e. The van der Waals surface area contributed by atoms with Crippen molar-refractivity contribution in [3.8, 4) is 11.4 Å². The van der Waals surface area contributed by atoms with E-state index in [0.717, 1.165) is 31.9 Å². The number of nitrogens with one attached hydrogen (secondary N) is 2. The number of H-pyrrole nitrogens is 1. The molecule has 3 aromatic rings. The molecule has 8 nitrogen and oxygen atoms in total. The second-order valence-corrected chi connectivity index (χ2v) is 8.05. The van der Waals surface area contributed by atoms with Crippen molar-refractivity contribution in [2.75, 3.05) is 5.32 Å². The second kappa shape index (κ2) is 6.91. The maximum absolute atomic E-state index is 13.7. The molecule has 29 heavy (non-hydrogen) atoms. The molecule has 3 aliphatic carbocycles. The Kier molecular flexibility index (Phi) is 4.34. The number of pyridine rings is 1. The number of carboxylic acids is 1. The van der Waals surface area contributed by atoms with Crippen molar-refractivity contribution >= 4 is 34.6 Å². The zero-order valence-electron chi connectivity index (χ0n) is 15.3. The molecule has 150 valence electrons. The fraction of sp³-hybridized carbons (Fsp3) is 0.421. The molecular weight excluding hydrogens is 399 g/mol. The number of carbonyl (C=O) groups is 1. The lowest BCUT2D eigenvalue weighted by molar-refractivity contribution is -0.148. The SMILES string of the molecule is O=C(O)[C@@H]1C2CCC(CC2)[C@H]1Nc1nc(Cl)nc(-c2c[nH]c3ncc(F)cc23)n1. The van der Waals surface area contributed by atoms with Gasteiger partial charge in [-0.1, -0.05) is 0 Å². The van der Waals surface area contributed by atoms with Crippen molar-refractivity contribution in [3.05, 3.63) is 29.6 Å². The Hall–Kier alpha value is -2.81. The third-order valence-corrected chi connectivity index (χ3v) is 6.32. The van der Waals surface area contributed by atoms with Gasteiger partial charge in [0, 0.05) is 23.2 Å². The van der Waals surface area contributed by atoms with Gasteiger partial charge in [0.15, 0.2) is 5.82 Å². The third-order valence-electron chi connectivity index (χ3n) is 6.15. The van der Waals surface area contributed by atoms with Crippen LogP contribution < -0.4 is 5.32 Å². The molecule has 0 saturated heterocycles. The first-order chi connectivity index (χ1) is 14.0. The molecule has 6 rings (SSSR count). The molecule has 0 spiro atoms. The van der Waals surface area contributed by atoms with Gasteiger partial charge in [0.25, 0.3) is 0 Å². The monoisotopic (exact) mass is 416 g/mol. The summed E-state index contributed by atoms with van der Waals surface area (Å²) in [5.74, 6) is -0.842. The summed E-state index contributed by atoms with van der Waals surface area (Å²) in [7, 11) is 0. The topological polar surface area (TPSA) is 117 Å². The summed E-state index contributed by atoms with van der Waals surface area (Å²) in [5.41, 5.74) is 1.04. The normalized spacial score (nSPS) is 26.0. The van der Waals surface area contributed by atoms with E-state index < -0.39 is 17.7 Å². The van der Waals surface area contributed by atoms with Crippen molar-refractivity contribution in [2.45, 2.75) is 31.7 Å². The Labute approximate surface area is 170 Å². The fourth-order valence-corrected chi connectivity index (χ4v) is 5.02. The van der Waals surface area contributed by atoms with Crippen LogP contribution in [0.2, 0.25) is 5.28 Å². The Morgan fingerprint density at radius 1 is 1.21 bits per heavy atom. The zero-order valence-corrected chi connectivity index (χ0v) is 16.0. The maximum atomic E-state index is 13.7. The van der Waals surface area contributed by atoms with E-state index in [9.17, 15) is 14.3 Å². The fourth-order valence-electron chi connectivity index (χ4n) is 4.86. The highest BCUT2D eigenvalue weighted by atomic mass is 35.5. The molecular formula is C19H18ClFN6O2. The number of aliphatic carboxylic acids is 1. The molecule has 3 heterocycles. The average Bonchev–Trinajstić information content (AvgIpc) is 3.11. The van der Waals surface area contributed by atoms with E-state index in [1.54, 1.807) is 6.20 Å². The Morgan fingerprint density at radius 3 is 2.72 bits per heavy atom. The van der Waals surface area contributed by atoms with Gasteiger partial charge in [-0.05, 0) is 55.2 Å². The van der Waals surface area contributed by atoms with Crippen LogP contribution in [-0.2, 0) is 4.79 Å².